The first kappa shape index (κ1) is 13.6. The molecule has 5 nitrogen and oxygen atoms in total. The maximum atomic E-state index is 10.7. The largest absolute Gasteiger partial charge is 0.456 e. The molecule has 0 radical (unpaired) electrons. The van der Waals surface area contributed by atoms with Gasteiger partial charge in [-0.15, -0.1) is 0 Å². The first-order valence-electron chi connectivity index (χ1n) is 6.09. The van der Waals surface area contributed by atoms with Gasteiger partial charge < -0.3 is 4.74 Å². The van der Waals surface area contributed by atoms with Crippen LogP contribution in [0.3, 0.4) is 0 Å². The van der Waals surface area contributed by atoms with Gasteiger partial charge >= 0.3 is 0 Å². The smallest absolute Gasteiger partial charge is 0.271 e. The number of benzene rings is 2. The van der Waals surface area contributed by atoms with E-state index >= 15 is 0 Å². The third-order valence-corrected chi connectivity index (χ3v) is 2.83. The molecule has 0 saturated carbocycles. The number of nitrogens with zero attached hydrogens (tertiary/aromatic N) is 2. The molecule has 2 aromatic carbocycles. The Hall–Kier alpha value is -2.87. The van der Waals surface area contributed by atoms with Gasteiger partial charge in [0.1, 0.15) is 23.1 Å². The lowest BCUT2D eigenvalue weighted by Gasteiger charge is -2.08. The lowest BCUT2D eigenvalue weighted by Crippen LogP contribution is -1.93. The summed E-state index contributed by atoms with van der Waals surface area (Å²) >= 11 is 0. The molecule has 0 aliphatic rings. The van der Waals surface area contributed by atoms with Crippen molar-refractivity contribution in [2.24, 2.45) is 0 Å². The molecule has 100 valence electrons. The van der Waals surface area contributed by atoms with E-state index < -0.39 is 4.92 Å². The van der Waals surface area contributed by atoms with Gasteiger partial charge in [-0.25, -0.2) is 0 Å². The summed E-state index contributed by atoms with van der Waals surface area (Å²) in [5.41, 5.74) is 1.13. The Morgan fingerprint density at radius 2 is 2.10 bits per heavy atom. The summed E-state index contributed by atoms with van der Waals surface area (Å²) < 4.78 is 5.63. The standard InChI is InChI=1S/C15H12N2O3/c1-2-11-4-3-5-14(8-11)20-15-7-6-13(17(18)19)9-12(15)10-16/h3-9H,2H2,1H3. The fourth-order valence-corrected chi connectivity index (χ4v) is 1.76. The number of rotatable bonds is 4. The van der Waals surface area contributed by atoms with Gasteiger partial charge in [0.15, 0.2) is 0 Å². The quantitative estimate of drug-likeness (QED) is 0.623. The Bertz CT molecular complexity index is 690. The van der Waals surface area contributed by atoms with Gasteiger partial charge in [0, 0.05) is 12.1 Å². The number of hydrogen-bond acceptors (Lipinski definition) is 4. The molecule has 0 atom stereocenters. The van der Waals surface area contributed by atoms with Crippen LogP contribution in [-0.2, 0) is 6.42 Å². The van der Waals surface area contributed by atoms with Gasteiger partial charge in [0.2, 0.25) is 0 Å². The number of ether oxygens (including phenoxy) is 1. The van der Waals surface area contributed by atoms with Gasteiger partial charge in [-0.05, 0) is 30.2 Å². The van der Waals surface area contributed by atoms with E-state index in [2.05, 4.69) is 0 Å². The molecule has 0 saturated heterocycles. The van der Waals surface area contributed by atoms with Crippen molar-refractivity contribution in [1.29, 1.82) is 5.26 Å². The average molecular weight is 268 g/mol. The summed E-state index contributed by atoms with van der Waals surface area (Å²) in [7, 11) is 0. The second-order valence-electron chi connectivity index (χ2n) is 4.15. The Kier molecular flexibility index (Phi) is 3.96. The van der Waals surface area contributed by atoms with Crippen LogP contribution in [0.4, 0.5) is 5.69 Å². The minimum Gasteiger partial charge on any atom is -0.456 e. The van der Waals surface area contributed by atoms with E-state index in [0.717, 1.165) is 12.0 Å². The Labute approximate surface area is 116 Å². The van der Waals surface area contributed by atoms with Crippen molar-refractivity contribution < 1.29 is 9.66 Å². The topological polar surface area (TPSA) is 76.2 Å². The van der Waals surface area contributed by atoms with Gasteiger partial charge in [-0.1, -0.05) is 19.1 Å². The third kappa shape index (κ3) is 2.93. The Balaban J connectivity index is 2.33. The molecule has 0 fully saturated rings. The van der Waals surface area contributed by atoms with Crippen molar-refractivity contribution in [2.45, 2.75) is 13.3 Å². The lowest BCUT2D eigenvalue weighted by molar-refractivity contribution is -0.384. The predicted octanol–water partition coefficient (Wildman–Crippen LogP) is 3.82. The molecule has 0 spiro atoms. The summed E-state index contributed by atoms with van der Waals surface area (Å²) in [4.78, 5) is 10.1. The number of aryl methyl sites for hydroxylation is 1. The van der Waals surface area contributed by atoms with E-state index in [1.807, 2.05) is 31.2 Å². The first-order chi connectivity index (χ1) is 9.63. The van der Waals surface area contributed by atoms with Crippen LogP contribution in [0.15, 0.2) is 42.5 Å². The first-order valence-corrected chi connectivity index (χ1v) is 6.09. The molecule has 20 heavy (non-hydrogen) atoms. The lowest BCUT2D eigenvalue weighted by atomic mass is 10.1. The van der Waals surface area contributed by atoms with Crippen molar-refractivity contribution in [2.75, 3.05) is 0 Å². The molecule has 0 N–H and O–H groups in total. The number of hydrogen-bond donors (Lipinski definition) is 0. The summed E-state index contributed by atoms with van der Waals surface area (Å²) in [6.07, 6.45) is 0.878. The summed E-state index contributed by atoms with van der Waals surface area (Å²) in [5.74, 6) is 0.918. The van der Waals surface area contributed by atoms with Gasteiger partial charge in [0.05, 0.1) is 4.92 Å². The van der Waals surface area contributed by atoms with Crippen molar-refractivity contribution >= 4 is 5.69 Å². The van der Waals surface area contributed by atoms with Crippen molar-refractivity contribution in [3.63, 3.8) is 0 Å². The fourth-order valence-electron chi connectivity index (χ4n) is 1.76. The molecule has 5 heteroatoms. The highest BCUT2D eigenvalue weighted by atomic mass is 16.6. The second-order valence-corrected chi connectivity index (χ2v) is 4.15. The highest BCUT2D eigenvalue weighted by Gasteiger charge is 2.12. The predicted molar refractivity (Wildman–Crippen MR) is 73.7 cm³/mol. The second kappa shape index (κ2) is 5.85. The third-order valence-electron chi connectivity index (χ3n) is 2.83. The van der Waals surface area contributed by atoms with Crippen LogP contribution >= 0.6 is 0 Å². The van der Waals surface area contributed by atoms with Gasteiger partial charge in [-0.3, -0.25) is 10.1 Å². The summed E-state index contributed by atoms with van der Waals surface area (Å²) in [5, 5.41) is 19.7. The fraction of sp³-hybridized carbons (Fsp3) is 0.133. The van der Waals surface area contributed by atoms with Crippen molar-refractivity contribution in [3.8, 4) is 17.6 Å². The van der Waals surface area contributed by atoms with Crippen LogP contribution in [0.1, 0.15) is 18.1 Å². The van der Waals surface area contributed by atoms with E-state index in [4.69, 9.17) is 10.00 Å². The molecule has 2 aromatic rings. The maximum absolute atomic E-state index is 10.7. The molecule has 0 unspecified atom stereocenters. The van der Waals surface area contributed by atoms with Gasteiger partial charge in [-0.2, -0.15) is 5.26 Å². The molecular weight excluding hydrogens is 256 g/mol. The van der Waals surface area contributed by atoms with Crippen molar-refractivity contribution in [3.05, 3.63) is 63.7 Å². The van der Waals surface area contributed by atoms with Crippen LogP contribution in [0.5, 0.6) is 11.5 Å². The summed E-state index contributed by atoms with van der Waals surface area (Å²) in [6.45, 7) is 2.03. The zero-order chi connectivity index (χ0) is 14.5. The van der Waals surface area contributed by atoms with Crippen LogP contribution in [0.2, 0.25) is 0 Å². The SMILES string of the molecule is CCc1cccc(Oc2ccc([N+](=O)[O-])cc2C#N)c1. The minimum atomic E-state index is -0.539. The summed E-state index contributed by atoms with van der Waals surface area (Å²) in [6, 6.07) is 13.4. The molecule has 0 amide bonds. The normalized spacial score (nSPS) is 9.80. The Morgan fingerprint density at radius 1 is 1.30 bits per heavy atom. The van der Waals surface area contributed by atoms with E-state index in [0.29, 0.717) is 11.5 Å². The van der Waals surface area contributed by atoms with E-state index in [9.17, 15) is 10.1 Å². The Morgan fingerprint density at radius 3 is 2.75 bits per heavy atom. The maximum Gasteiger partial charge on any atom is 0.271 e. The van der Waals surface area contributed by atoms with E-state index in [1.54, 1.807) is 6.07 Å². The van der Waals surface area contributed by atoms with Crippen LogP contribution in [0.25, 0.3) is 0 Å². The molecule has 2 rings (SSSR count). The zero-order valence-electron chi connectivity index (χ0n) is 10.9. The highest BCUT2D eigenvalue weighted by molar-refractivity contribution is 5.51. The monoisotopic (exact) mass is 268 g/mol. The van der Waals surface area contributed by atoms with Crippen molar-refractivity contribution in [1.82, 2.24) is 0 Å². The molecule has 0 aliphatic carbocycles. The van der Waals surface area contributed by atoms with Crippen LogP contribution in [-0.4, -0.2) is 4.92 Å². The number of nitro benzene ring substituents is 1. The van der Waals surface area contributed by atoms with Crippen LogP contribution in [0, 0.1) is 21.4 Å². The van der Waals surface area contributed by atoms with E-state index in [-0.39, 0.29) is 11.3 Å². The van der Waals surface area contributed by atoms with Crippen LogP contribution < -0.4 is 4.74 Å². The average Bonchev–Trinajstić information content (AvgIpc) is 2.47. The van der Waals surface area contributed by atoms with Gasteiger partial charge in [0.25, 0.3) is 5.69 Å². The minimum absolute atomic E-state index is 0.129. The zero-order valence-corrected chi connectivity index (χ0v) is 10.9. The highest BCUT2D eigenvalue weighted by Crippen LogP contribution is 2.28. The number of nitro groups is 1. The number of nitriles is 1. The molecule has 0 bridgehead atoms. The molecule has 0 heterocycles. The molecule has 0 aliphatic heterocycles. The molecular formula is C15H12N2O3. The van der Waals surface area contributed by atoms with E-state index in [1.165, 1.54) is 18.2 Å². The molecule has 0 aromatic heterocycles. The number of non-ortho nitro benzene ring substituents is 1.